The van der Waals surface area contributed by atoms with Gasteiger partial charge in [0, 0.05) is 30.6 Å². The minimum Gasteiger partial charge on any atom is -0.349 e. The Morgan fingerprint density at radius 3 is 2.85 bits per heavy atom. The normalized spacial score (nSPS) is 32.5. The molecule has 2 saturated heterocycles. The third kappa shape index (κ3) is 2.84. The summed E-state index contributed by atoms with van der Waals surface area (Å²) in [5.41, 5.74) is 0. The highest BCUT2D eigenvalue weighted by molar-refractivity contribution is 7.99. The molecule has 2 fully saturated rings. The van der Waals surface area contributed by atoms with Crippen molar-refractivity contribution < 1.29 is 9.47 Å². The molecule has 0 N–H and O–H groups in total. The van der Waals surface area contributed by atoms with Crippen LogP contribution in [-0.4, -0.2) is 55.0 Å². The predicted molar refractivity (Wildman–Crippen MR) is 54.1 cm³/mol. The molecule has 1 atom stereocenters. The zero-order chi connectivity index (χ0) is 9.10. The Bertz CT molecular complexity index is 162. The number of hydrogen-bond donors (Lipinski definition) is 0. The molecule has 3 nitrogen and oxygen atoms in total. The van der Waals surface area contributed by atoms with E-state index in [4.69, 9.17) is 9.47 Å². The summed E-state index contributed by atoms with van der Waals surface area (Å²) >= 11 is 2.06. The van der Waals surface area contributed by atoms with Crippen molar-refractivity contribution in [2.45, 2.75) is 18.5 Å². The van der Waals surface area contributed by atoms with E-state index in [1.54, 1.807) is 0 Å². The molecule has 0 radical (unpaired) electrons. The minimum atomic E-state index is 0.0373. The van der Waals surface area contributed by atoms with E-state index in [0.717, 1.165) is 25.0 Å². The number of nitrogens with zero attached hydrogens (tertiary/aromatic N) is 1. The van der Waals surface area contributed by atoms with E-state index < -0.39 is 0 Å². The van der Waals surface area contributed by atoms with Gasteiger partial charge in [0.25, 0.3) is 0 Å². The maximum Gasteiger partial charge on any atom is 0.170 e. The van der Waals surface area contributed by atoms with E-state index in [2.05, 4.69) is 23.6 Å². The van der Waals surface area contributed by atoms with Crippen LogP contribution in [0.5, 0.6) is 0 Å². The van der Waals surface area contributed by atoms with Crippen LogP contribution in [-0.2, 0) is 9.47 Å². The highest BCUT2D eigenvalue weighted by atomic mass is 32.2. The quantitative estimate of drug-likeness (QED) is 0.661. The maximum absolute atomic E-state index is 5.42. The largest absolute Gasteiger partial charge is 0.349 e. The Labute approximate surface area is 83.8 Å². The zero-order valence-electron chi connectivity index (χ0n) is 8.07. The van der Waals surface area contributed by atoms with Crippen molar-refractivity contribution in [3.8, 4) is 0 Å². The van der Waals surface area contributed by atoms with Gasteiger partial charge in [-0.3, -0.25) is 4.90 Å². The van der Waals surface area contributed by atoms with Crippen LogP contribution in [0, 0.1) is 0 Å². The maximum atomic E-state index is 5.42. The average molecular weight is 203 g/mol. The lowest BCUT2D eigenvalue weighted by Gasteiger charge is -2.31. The number of thioether (sulfide) groups is 1. The Morgan fingerprint density at radius 1 is 1.38 bits per heavy atom. The molecule has 0 amide bonds. The SMILES string of the molecule is CC1CN(CC2OCCO2)CCS1. The summed E-state index contributed by atoms with van der Waals surface area (Å²) in [5.74, 6) is 1.24. The summed E-state index contributed by atoms with van der Waals surface area (Å²) in [6, 6.07) is 0. The molecule has 0 bridgehead atoms. The molecule has 2 aliphatic heterocycles. The molecule has 4 heteroatoms. The van der Waals surface area contributed by atoms with Gasteiger partial charge in [0.15, 0.2) is 6.29 Å². The van der Waals surface area contributed by atoms with E-state index in [0.29, 0.717) is 0 Å². The van der Waals surface area contributed by atoms with Gasteiger partial charge >= 0.3 is 0 Å². The number of ether oxygens (including phenoxy) is 2. The van der Waals surface area contributed by atoms with Gasteiger partial charge in [-0.05, 0) is 0 Å². The molecular formula is C9H17NO2S. The van der Waals surface area contributed by atoms with Gasteiger partial charge in [-0.15, -0.1) is 0 Å². The molecule has 0 aromatic carbocycles. The van der Waals surface area contributed by atoms with Crippen LogP contribution in [0.4, 0.5) is 0 Å². The van der Waals surface area contributed by atoms with Gasteiger partial charge in [0.05, 0.1) is 13.2 Å². The fourth-order valence-corrected chi connectivity index (χ4v) is 2.86. The predicted octanol–water partition coefficient (Wildman–Crippen LogP) is 0.797. The monoisotopic (exact) mass is 203 g/mol. The Morgan fingerprint density at radius 2 is 2.15 bits per heavy atom. The molecule has 0 aromatic rings. The van der Waals surface area contributed by atoms with Crippen LogP contribution in [0.3, 0.4) is 0 Å². The van der Waals surface area contributed by atoms with Crippen molar-refractivity contribution >= 4 is 11.8 Å². The van der Waals surface area contributed by atoms with Crippen LogP contribution >= 0.6 is 11.8 Å². The fraction of sp³-hybridized carbons (Fsp3) is 1.00. The second-order valence-corrected chi connectivity index (χ2v) is 5.16. The number of hydrogen-bond acceptors (Lipinski definition) is 4. The Hall–Kier alpha value is 0.230. The average Bonchev–Trinajstić information content (AvgIpc) is 2.57. The lowest BCUT2D eigenvalue weighted by Crippen LogP contribution is -2.41. The number of rotatable bonds is 2. The summed E-state index contributed by atoms with van der Waals surface area (Å²) in [4.78, 5) is 2.44. The molecule has 2 heterocycles. The molecule has 76 valence electrons. The van der Waals surface area contributed by atoms with E-state index in [-0.39, 0.29) is 6.29 Å². The van der Waals surface area contributed by atoms with Crippen LogP contribution in [0.1, 0.15) is 6.92 Å². The van der Waals surface area contributed by atoms with Crippen LogP contribution < -0.4 is 0 Å². The fourth-order valence-electron chi connectivity index (χ4n) is 1.78. The van der Waals surface area contributed by atoms with E-state index in [9.17, 15) is 0 Å². The Kier molecular flexibility index (Phi) is 3.49. The van der Waals surface area contributed by atoms with Crippen LogP contribution in [0.2, 0.25) is 0 Å². The van der Waals surface area contributed by atoms with Crippen molar-refractivity contribution in [1.82, 2.24) is 4.90 Å². The molecule has 2 rings (SSSR count). The lowest BCUT2D eigenvalue weighted by atomic mass is 10.4. The van der Waals surface area contributed by atoms with Gasteiger partial charge in [0.2, 0.25) is 0 Å². The first-order valence-corrected chi connectivity index (χ1v) is 5.96. The summed E-state index contributed by atoms with van der Waals surface area (Å²) in [7, 11) is 0. The first-order chi connectivity index (χ1) is 6.34. The topological polar surface area (TPSA) is 21.7 Å². The highest BCUT2D eigenvalue weighted by Crippen LogP contribution is 2.18. The van der Waals surface area contributed by atoms with Crippen molar-refractivity contribution in [3.05, 3.63) is 0 Å². The second-order valence-electron chi connectivity index (χ2n) is 3.61. The van der Waals surface area contributed by atoms with Crippen molar-refractivity contribution in [3.63, 3.8) is 0 Å². The van der Waals surface area contributed by atoms with E-state index in [1.807, 2.05) is 0 Å². The second kappa shape index (κ2) is 4.64. The van der Waals surface area contributed by atoms with Crippen molar-refractivity contribution in [1.29, 1.82) is 0 Å². The molecule has 0 aliphatic carbocycles. The Balaban J connectivity index is 1.73. The van der Waals surface area contributed by atoms with Crippen LogP contribution in [0.25, 0.3) is 0 Å². The standard InChI is InChI=1S/C9H17NO2S/c1-8-6-10(2-5-13-8)7-9-11-3-4-12-9/h8-9H,2-7H2,1H3. The first-order valence-electron chi connectivity index (χ1n) is 4.92. The van der Waals surface area contributed by atoms with Gasteiger partial charge in [-0.25, -0.2) is 0 Å². The molecule has 13 heavy (non-hydrogen) atoms. The zero-order valence-corrected chi connectivity index (χ0v) is 8.89. The minimum absolute atomic E-state index is 0.0373. The summed E-state index contributed by atoms with van der Waals surface area (Å²) in [6.07, 6.45) is 0.0373. The molecule has 0 spiro atoms. The van der Waals surface area contributed by atoms with Gasteiger partial charge in [-0.1, -0.05) is 6.92 Å². The third-order valence-corrected chi connectivity index (χ3v) is 3.56. The molecule has 2 aliphatic rings. The van der Waals surface area contributed by atoms with Crippen molar-refractivity contribution in [2.24, 2.45) is 0 Å². The molecule has 1 unspecified atom stereocenters. The first kappa shape index (κ1) is 9.77. The lowest BCUT2D eigenvalue weighted by molar-refractivity contribution is -0.0612. The molecule has 0 saturated carbocycles. The summed E-state index contributed by atoms with van der Waals surface area (Å²) in [6.45, 7) is 7.12. The summed E-state index contributed by atoms with van der Waals surface area (Å²) < 4.78 is 10.8. The third-order valence-electron chi connectivity index (χ3n) is 2.42. The van der Waals surface area contributed by atoms with Crippen molar-refractivity contribution in [2.75, 3.05) is 38.6 Å². The summed E-state index contributed by atoms with van der Waals surface area (Å²) in [5, 5.41) is 0.759. The van der Waals surface area contributed by atoms with E-state index in [1.165, 1.54) is 18.8 Å². The van der Waals surface area contributed by atoms with Crippen LogP contribution in [0.15, 0.2) is 0 Å². The smallest absolute Gasteiger partial charge is 0.170 e. The van der Waals surface area contributed by atoms with Gasteiger partial charge < -0.3 is 9.47 Å². The van der Waals surface area contributed by atoms with Gasteiger partial charge in [0.1, 0.15) is 0 Å². The van der Waals surface area contributed by atoms with E-state index >= 15 is 0 Å². The molecule has 0 aromatic heterocycles. The molecular weight excluding hydrogens is 186 g/mol. The highest BCUT2D eigenvalue weighted by Gasteiger charge is 2.23. The van der Waals surface area contributed by atoms with Gasteiger partial charge in [-0.2, -0.15) is 11.8 Å².